The molecule has 7 aromatic carbocycles. The van der Waals surface area contributed by atoms with Gasteiger partial charge in [-0.1, -0.05) is 115 Å². The second-order valence-electron chi connectivity index (χ2n) is 12.6. The normalized spacial score (nSPS) is 13.1. The molecule has 47 heavy (non-hydrogen) atoms. The first-order chi connectivity index (χ1) is 23.2. The van der Waals surface area contributed by atoms with Gasteiger partial charge in [0.1, 0.15) is 11.2 Å². The van der Waals surface area contributed by atoms with Crippen molar-refractivity contribution in [1.29, 1.82) is 0 Å². The summed E-state index contributed by atoms with van der Waals surface area (Å²) in [6, 6.07) is 57.2. The number of rotatable bonds is 3. The minimum Gasteiger partial charge on any atom is -0.456 e. The van der Waals surface area contributed by atoms with Crippen LogP contribution in [0.5, 0.6) is 0 Å². The van der Waals surface area contributed by atoms with Gasteiger partial charge in [0, 0.05) is 50.7 Å². The molecular formula is C43H29BN2O. The molecule has 2 aliphatic rings. The number of benzene rings is 7. The molecule has 0 radical (unpaired) electrons. The SMILES string of the molecule is Cc1ccc(N2B3c4ccccc4N(c4cc5oc6ccccc6c5cc4-c4ccccc4)c4cccc(c43)-c3ccccc32)cc1. The Bertz CT molecular complexity index is 2500. The third kappa shape index (κ3) is 3.82. The third-order valence-corrected chi connectivity index (χ3v) is 9.91. The Morgan fingerprint density at radius 2 is 1.19 bits per heavy atom. The molecule has 0 amide bonds. The number of nitrogens with zero attached hydrogens (tertiary/aromatic N) is 2. The second-order valence-corrected chi connectivity index (χ2v) is 12.6. The average molecular weight is 601 g/mol. The second kappa shape index (κ2) is 10.0. The molecule has 0 unspecified atom stereocenters. The van der Waals surface area contributed by atoms with E-state index in [1.54, 1.807) is 0 Å². The van der Waals surface area contributed by atoms with Gasteiger partial charge in [0.2, 0.25) is 0 Å². The van der Waals surface area contributed by atoms with E-state index in [-0.39, 0.29) is 6.85 Å². The molecule has 0 fully saturated rings. The standard InChI is InChI=1S/C43H29BN2O/c1-28-22-24-30(25-23-28)46-37-18-8-5-14-31(37)33-16-11-20-39-43(33)44(46)36-17-7-9-19-38(36)45(39)40-27-42-35(32-15-6-10-21-41(32)47-42)26-34(40)29-12-3-2-4-13-29/h2-27H,1H3. The molecule has 0 spiro atoms. The highest BCUT2D eigenvalue weighted by molar-refractivity contribution is 6.93. The molecule has 3 nitrogen and oxygen atoms in total. The summed E-state index contributed by atoms with van der Waals surface area (Å²) in [5.74, 6) is 0. The van der Waals surface area contributed by atoms with Crippen molar-refractivity contribution >= 4 is 68.1 Å². The smallest absolute Gasteiger partial charge is 0.333 e. The van der Waals surface area contributed by atoms with E-state index in [0.717, 1.165) is 27.6 Å². The zero-order chi connectivity index (χ0) is 31.1. The largest absolute Gasteiger partial charge is 0.456 e. The Morgan fingerprint density at radius 3 is 2.06 bits per heavy atom. The minimum atomic E-state index is 0.00126. The Kier molecular flexibility index (Phi) is 5.59. The lowest BCUT2D eigenvalue weighted by Crippen LogP contribution is -2.61. The number of hydrogen-bond acceptors (Lipinski definition) is 3. The lowest BCUT2D eigenvalue weighted by Gasteiger charge is -2.45. The zero-order valence-corrected chi connectivity index (χ0v) is 25.9. The molecule has 0 N–H and O–H groups in total. The Hall–Kier alpha value is -6.00. The van der Waals surface area contributed by atoms with Crippen molar-refractivity contribution < 1.29 is 4.42 Å². The lowest BCUT2D eigenvalue weighted by atomic mass is 9.43. The van der Waals surface area contributed by atoms with Crippen molar-refractivity contribution in [3.63, 3.8) is 0 Å². The van der Waals surface area contributed by atoms with Gasteiger partial charge in [0.15, 0.2) is 0 Å². The fourth-order valence-electron chi connectivity index (χ4n) is 7.84. The molecule has 8 aromatic rings. The van der Waals surface area contributed by atoms with Crippen LogP contribution in [0, 0.1) is 6.92 Å². The maximum absolute atomic E-state index is 6.52. The van der Waals surface area contributed by atoms with Gasteiger partial charge in [-0.3, -0.25) is 0 Å². The zero-order valence-electron chi connectivity index (χ0n) is 25.9. The number of hydrogen-bond donors (Lipinski definition) is 0. The molecule has 0 aliphatic carbocycles. The highest BCUT2D eigenvalue weighted by Crippen LogP contribution is 2.49. The van der Waals surface area contributed by atoms with Crippen molar-refractivity contribution in [1.82, 2.24) is 0 Å². The van der Waals surface area contributed by atoms with E-state index in [0.29, 0.717) is 0 Å². The van der Waals surface area contributed by atoms with Gasteiger partial charge in [-0.15, -0.1) is 0 Å². The average Bonchev–Trinajstić information content (AvgIpc) is 3.50. The summed E-state index contributed by atoms with van der Waals surface area (Å²) in [4.78, 5) is 5.01. The van der Waals surface area contributed by atoms with Crippen LogP contribution >= 0.6 is 0 Å². The summed E-state index contributed by atoms with van der Waals surface area (Å²) in [7, 11) is 0. The van der Waals surface area contributed by atoms with Gasteiger partial charge in [-0.2, -0.15) is 0 Å². The van der Waals surface area contributed by atoms with Crippen molar-refractivity contribution in [2.75, 3.05) is 9.71 Å². The Morgan fingerprint density at radius 1 is 0.489 bits per heavy atom. The van der Waals surface area contributed by atoms with Crippen LogP contribution in [0.3, 0.4) is 0 Å². The van der Waals surface area contributed by atoms with E-state index < -0.39 is 0 Å². The molecule has 0 bridgehead atoms. The summed E-state index contributed by atoms with van der Waals surface area (Å²) >= 11 is 0. The molecular weight excluding hydrogens is 571 g/mol. The van der Waals surface area contributed by atoms with Crippen molar-refractivity contribution in [2.24, 2.45) is 0 Å². The van der Waals surface area contributed by atoms with Crippen LogP contribution in [0.4, 0.5) is 28.4 Å². The number of furan rings is 1. The van der Waals surface area contributed by atoms with E-state index in [9.17, 15) is 0 Å². The van der Waals surface area contributed by atoms with E-state index in [1.165, 1.54) is 61.5 Å². The molecule has 4 heteroatoms. The quantitative estimate of drug-likeness (QED) is 0.188. The highest BCUT2D eigenvalue weighted by atomic mass is 16.3. The van der Waals surface area contributed by atoms with Crippen LogP contribution in [0.1, 0.15) is 5.56 Å². The first-order valence-corrected chi connectivity index (χ1v) is 16.2. The predicted molar refractivity (Wildman–Crippen MR) is 198 cm³/mol. The summed E-state index contributed by atoms with van der Waals surface area (Å²) < 4.78 is 6.52. The van der Waals surface area contributed by atoms with Gasteiger partial charge in [0.25, 0.3) is 0 Å². The maximum Gasteiger partial charge on any atom is 0.333 e. The van der Waals surface area contributed by atoms with Crippen molar-refractivity contribution in [2.45, 2.75) is 6.92 Å². The van der Waals surface area contributed by atoms with E-state index in [1.807, 2.05) is 6.07 Å². The van der Waals surface area contributed by atoms with E-state index in [4.69, 9.17) is 4.42 Å². The van der Waals surface area contributed by atoms with E-state index in [2.05, 4.69) is 168 Å². The summed E-state index contributed by atoms with van der Waals surface area (Å²) in [5.41, 5.74) is 16.4. The van der Waals surface area contributed by atoms with Crippen LogP contribution in [-0.4, -0.2) is 6.85 Å². The van der Waals surface area contributed by atoms with Crippen molar-refractivity contribution in [3.05, 3.63) is 163 Å². The molecule has 2 aliphatic heterocycles. The third-order valence-electron chi connectivity index (χ3n) is 9.91. The highest BCUT2D eigenvalue weighted by Gasteiger charge is 2.44. The molecule has 10 rings (SSSR count). The fraction of sp³-hybridized carbons (Fsp3) is 0.0233. The molecule has 3 heterocycles. The van der Waals surface area contributed by atoms with Gasteiger partial charge in [-0.05, 0) is 71.4 Å². The van der Waals surface area contributed by atoms with Gasteiger partial charge in [0.05, 0.1) is 5.69 Å². The summed E-state index contributed by atoms with van der Waals surface area (Å²) in [5, 5.41) is 2.26. The van der Waals surface area contributed by atoms with Gasteiger partial charge >= 0.3 is 6.85 Å². The molecule has 0 saturated carbocycles. The topological polar surface area (TPSA) is 19.6 Å². The molecule has 1 aromatic heterocycles. The minimum absolute atomic E-state index is 0.00126. The maximum atomic E-state index is 6.52. The lowest BCUT2D eigenvalue weighted by molar-refractivity contribution is 0.669. The monoisotopic (exact) mass is 600 g/mol. The Balaban J connectivity index is 1.30. The number of anilines is 5. The predicted octanol–water partition coefficient (Wildman–Crippen LogP) is 10.3. The van der Waals surface area contributed by atoms with E-state index >= 15 is 0 Å². The Labute approximate surface area is 274 Å². The van der Waals surface area contributed by atoms with Crippen molar-refractivity contribution in [3.8, 4) is 22.3 Å². The fourth-order valence-corrected chi connectivity index (χ4v) is 7.84. The van der Waals surface area contributed by atoms with Gasteiger partial charge < -0.3 is 14.1 Å². The number of para-hydroxylation sites is 3. The van der Waals surface area contributed by atoms with Crippen LogP contribution in [0.25, 0.3) is 44.2 Å². The van der Waals surface area contributed by atoms with Crippen LogP contribution < -0.4 is 20.6 Å². The number of aryl methyl sites for hydroxylation is 1. The molecule has 220 valence electrons. The first kappa shape index (κ1) is 26.2. The summed E-state index contributed by atoms with van der Waals surface area (Å²) in [6.07, 6.45) is 0. The summed E-state index contributed by atoms with van der Waals surface area (Å²) in [6.45, 7) is 2.15. The molecule has 0 saturated heterocycles. The van der Waals surface area contributed by atoms with Crippen LogP contribution in [-0.2, 0) is 0 Å². The number of fused-ring (bicyclic) bond motifs is 7. The van der Waals surface area contributed by atoms with Crippen LogP contribution in [0.2, 0.25) is 0 Å². The van der Waals surface area contributed by atoms with Gasteiger partial charge in [-0.25, -0.2) is 0 Å². The molecule has 0 atom stereocenters. The van der Waals surface area contributed by atoms with Crippen LogP contribution in [0.15, 0.2) is 162 Å². The first-order valence-electron chi connectivity index (χ1n) is 16.2.